The summed E-state index contributed by atoms with van der Waals surface area (Å²) in [7, 11) is 0. The van der Waals surface area contributed by atoms with E-state index in [0.717, 1.165) is 22.4 Å². The summed E-state index contributed by atoms with van der Waals surface area (Å²) in [6.45, 7) is 4.62. The lowest BCUT2D eigenvalue weighted by Crippen LogP contribution is -2.37. The Kier molecular flexibility index (Phi) is 6.17. The molecule has 4 nitrogen and oxygen atoms in total. The van der Waals surface area contributed by atoms with Crippen LogP contribution in [0.2, 0.25) is 0 Å². The number of aryl methyl sites for hydroxylation is 2. The molecule has 1 aliphatic heterocycles. The Hall–Kier alpha value is -3.40. The van der Waals surface area contributed by atoms with E-state index in [1.807, 2.05) is 61.5 Å². The molecule has 0 aliphatic carbocycles. The first-order chi connectivity index (χ1) is 15.0. The molecule has 0 aromatic heterocycles. The van der Waals surface area contributed by atoms with Gasteiger partial charge in [-0.1, -0.05) is 66.7 Å². The Balaban J connectivity index is 1.45. The minimum Gasteiger partial charge on any atom is -0.351 e. The van der Waals surface area contributed by atoms with Gasteiger partial charge in [0, 0.05) is 31.0 Å². The van der Waals surface area contributed by atoms with Gasteiger partial charge in [-0.05, 0) is 48.2 Å². The Labute approximate surface area is 183 Å². The second-order valence-electron chi connectivity index (χ2n) is 8.32. The SMILES string of the molecule is Cc1ccc(N2CC(NC(=O)CC(c3ccccc3)c3ccccc3)CC2=O)cc1C. The van der Waals surface area contributed by atoms with Crippen LogP contribution in [0.3, 0.4) is 0 Å². The number of rotatable bonds is 6. The van der Waals surface area contributed by atoms with Crippen molar-refractivity contribution in [2.24, 2.45) is 0 Å². The number of nitrogens with zero attached hydrogens (tertiary/aromatic N) is 1. The lowest BCUT2D eigenvalue weighted by atomic mass is 9.88. The van der Waals surface area contributed by atoms with Crippen LogP contribution in [-0.2, 0) is 9.59 Å². The lowest BCUT2D eigenvalue weighted by Gasteiger charge is -2.20. The number of carbonyl (C=O) groups excluding carboxylic acids is 2. The van der Waals surface area contributed by atoms with Gasteiger partial charge < -0.3 is 10.2 Å². The van der Waals surface area contributed by atoms with Gasteiger partial charge in [-0.25, -0.2) is 0 Å². The molecule has 4 rings (SSSR count). The second-order valence-corrected chi connectivity index (χ2v) is 8.32. The lowest BCUT2D eigenvalue weighted by molar-refractivity contribution is -0.122. The molecule has 0 radical (unpaired) electrons. The van der Waals surface area contributed by atoms with Crippen LogP contribution in [0.25, 0.3) is 0 Å². The van der Waals surface area contributed by atoms with Crippen molar-refractivity contribution in [2.75, 3.05) is 11.4 Å². The standard InChI is InChI=1S/C27H28N2O2/c1-19-13-14-24(15-20(19)2)29-18-23(16-27(29)31)28-26(30)17-25(21-9-5-3-6-10-21)22-11-7-4-8-12-22/h3-15,23,25H,16-18H2,1-2H3,(H,28,30). The molecular weight excluding hydrogens is 384 g/mol. The smallest absolute Gasteiger partial charge is 0.229 e. The Bertz CT molecular complexity index is 1020. The summed E-state index contributed by atoms with van der Waals surface area (Å²) in [5.41, 5.74) is 5.49. The molecule has 3 aromatic rings. The van der Waals surface area contributed by atoms with E-state index in [1.165, 1.54) is 5.56 Å². The summed E-state index contributed by atoms with van der Waals surface area (Å²) in [6.07, 6.45) is 0.683. The number of hydrogen-bond acceptors (Lipinski definition) is 2. The Morgan fingerprint density at radius 3 is 2.13 bits per heavy atom. The predicted octanol–water partition coefficient (Wildman–Crippen LogP) is 4.75. The van der Waals surface area contributed by atoms with Gasteiger partial charge in [0.25, 0.3) is 0 Å². The van der Waals surface area contributed by atoms with Crippen LogP contribution >= 0.6 is 0 Å². The highest BCUT2D eigenvalue weighted by atomic mass is 16.2. The van der Waals surface area contributed by atoms with Crippen LogP contribution < -0.4 is 10.2 Å². The molecular formula is C27H28N2O2. The minimum absolute atomic E-state index is 0.0182. The fourth-order valence-corrected chi connectivity index (χ4v) is 4.22. The van der Waals surface area contributed by atoms with E-state index in [0.29, 0.717) is 19.4 Å². The van der Waals surface area contributed by atoms with Gasteiger partial charge in [-0.15, -0.1) is 0 Å². The van der Waals surface area contributed by atoms with Crippen LogP contribution in [-0.4, -0.2) is 24.4 Å². The second kappa shape index (κ2) is 9.17. The largest absolute Gasteiger partial charge is 0.351 e. The zero-order valence-electron chi connectivity index (χ0n) is 18.0. The third kappa shape index (κ3) is 4.85. The molecule has 0 saturated carbocycles. The van der Waals surface area contributed by atoms with Gasteiger partial charge in [-0.2, -0.15) is 0 Å². The quantitative estimate of drug-likeness (QED) is 0.635. The van der Waals surface area contributed by atoms with Crippen LogP contribution in [0.4, 0.5) is 5.69 Å². The van der Waals surface area contributed by atoms with Crippen molar-refractivity contribution >= 4 is 17.5 Å². The first-order valence-corrected chi connectivity index (χ1v) is 10.8. The summed E-state index contributed by atoms with van der Waals surface area (Å²) in [5.74, 6) is 0.00372. The van der Waals surface area contributed by atoms with Gasteiger partial charge >= 0.3 is 0 Å². The van der Waals surface area contributed by atoms with Crippen molar-refractivity contribution in [3.05, 3.63) is 101 Å². The maximum Gasteiger partial charge on any atom is 0.229 e. The van der Waals surface area contributed by atoms with Crippen LogP contribution in [0, 0.1) is 13.8 Å². The zero-order chi connectivity index (χ0) is 21.8. The third-order valence-electron chi connectivity index (χ3n) is 6.09. The molecule has 1 unspecified atom stereocenters. The highest BCUT2D eigenvalue weighted by Crippen LogP contribution is 2.28. The van der Waals surface area contributed by atoms with Crippen LogP contribution in [0.5, 0.6) is 0 Å². The van der Waals surface area contributed by atoms with E-state index in [9.17, 15) is 9.59 Å². The molecule has 1 atom stereocenters. The number of benzene rings is 3. The fourth-order valence-electron chi connectivity index (χ4n) is 4.22. The summed E-state index contributed by atoms with van der Waals surface area (Å²) < 4.78 is 0. The molecule has 2 amide bonds. The van der Waals surface area contributed by atoms with E-state index >= 15 is 0 Å². The predicted molar refractivity (Wildman–Crippen MR) is 124 cm³/mol. The molecule has 4 heteroatoms. The number of anilines is 1. The first-order valence-electron chi connectivity index (χ1n) is 10.8. The number of nitrogens with one attached hydrogen (secondary N) is 1. The molecule has 0 spiro atoms. The van der Waals surface area contributed by atoms with E-state index in [1.54, 1.807) is 4.90 Å². The Morgan fingerprint density at radius 1 is 0.935 bits per heavy atom. The minimum atomic E-state index is -0.172. The van der Waals surface area contributed by atoms with E-state index < -0.39 is 0 Å². The van der Waals surface area contributed by atoms with E-state index in [4.69, 9.17) is 0 Å². The van der Waals surface area contributed by atoms with Crippen LogP contribution in [0.15, 0.2) is 78.9 Å². The molecule has 3 aromatic carbocycles. The monoisotopic (exact) mass is 412 g/mol. The van der Waals surface area contributed by atoms with Crippen molar-refractivity contribution in [3.63, 3.8) is 0 Å². The summed E-state index contributed by atoms with van der Waals surface area (Å²) >= 11 is 0. The molecule has 1 N–H and O–H groups in total. The molecule has 158 valence electrons. The van der Waals surface area contributed by atoms with Crippen molar-refractivity contribution in [3.8, 4) is 0 Å². The average molecular weight is 413 g/mol. The topological polar surface area (TPSA) is 49.4 Å². The van der Waals surface area contributed by atoms with Crippen molar-refractivity contribution < 1.29 is 9.59 Å². The van der Waals surface area contributed by atoms with Crippen molar-refractivity contribution in [1.29, 1.82) is 0 Å². The molecule has 31 heavy (non-hydrogen) atoms. The summed E-state index contributed by atoms with van der Waals surface area (Å²) in [4.78, 5) is 27.3. The molecule has 1 aliphatic rings. The zero-order valence-corrected chi connectivity index (χ0v) is 18.0. The summed E-state index contributed by atoms with van der Waals surface area (Å²) in [6, 6.07) is 26.1. The Morgan fingerprint density at radius 2 is 1.55 bits per heavy atom. The van der Waals surface area contributed by atoms with E-state index in [2.05, 4.69) is 36.5 Å². The molecule has 1 heterocycles. The number of amides is 2. The van der Waals surface area contributed by atoms with Gasteiger partial charge in [-0.3, -0.25) is 9.59 Å². The maximum absolute atomic E-state index is 13.0. The van der Waals surface area contributed by atoms with Gasteiger partial charge in [0.2, 0.25) is 11.8 Å². The van der Waals surface area contributed by atoms with Gasteiger partial charge in [0.1, 0.15) is 0 Å². The molecule has 0 bridgehead atoms. The van der Waals surface area contributed by atoms with Crippen LogP contribution in [0.1, 0.15) is 41.0 Å². The van der Waals surface area contributed by atoms with Crippen molar-refractivity contribution in [1.82, 2.24) is 5.32 Å². The highest BCUT2D eigenvalue weighted by Gasteiger charge is 2.32. The third-order valence-corrected chi connectivity index (χ3v) is 6.09. The normalized spacial score (nSPS) is 16.0. The number of hydrogen-bond donors (Lipinski definition) is 1. The number of carbonyl (C=O) groups is 2. The van der Waals surface area contributed by atoms with E-state index in [-0.39, 0.29) is 23.8 Å². The molecule has 1 fully saturated rings. The highest BCUT2D eigenvalue weighted by molar-refractivity contribution is 5.97. The first kappa shape index (κ1) is 20.9. The van der Waals surface area contributed by atoms with Gasteiger partial charge in [0.15, 0.2) is 0 Å². The maximum atomic E-state index is 13.0. The average Bonchev–Trinajstić information content (AvgIpc) is 3.15. The molecule has 1 saturated heterocycles. The fraction of sp³-hybridized carbons (Fsp3) is 0.259. The summed E-state index contributed by atoms with van der Waals surface area (Å²) in [5, 5.41) is 3.10. The van der Waals surface area contributed by atoms with Gasteiger partial charge in [0.05, 0.1) is 6.04 Å². The van der Waals surface area contributed by atoms with Crippen molar-refractivity contribution in [2.45, 2.75) is 38.6 Å².